The van der Waals surface area contributed by atoms with Crippen LogP contribution in [0.3, 0.4) is 0 Å². The molecular formula is C8H14O. The summed E-state index contributed by atoms with van der Waals surface area (Å²) in [5, 5.41) is 0. The van der Waals surface area contributed by atoms with Crippen LogP contribution in [-0.2, 0) is 4.74 Å². The third-order valence-corrected chi connectivity index (χ3v) is 1.80. The van der Waals surface area contributed by atoms with Gasteiger partial charge in [-0.05, 0) is 31.3 Å². The fourth-order valence-corrected chi connectivity index (χ4v) is 1.15. The van der Waals surface area contributed by atoms with Crippen molar-refractivity contribution < 1.29 is 4.74 Å². The second kappa shape index (κ2) is 2.90. The van der Waals surface area contributed by atoms with Crippen molar-refractivity contribution in [2.75, 3.05) is 6.61 Å². The van der Waals surface area contributed by atoms with E-state index in [1.165, 1.54) is 18.4 Å². The van der Waals surface area contributed by atoms with Gasteiger partial charge in [-0.1, -0.05) is 6.92 Å². The largest absolute Gasteiger partial charge is 0.501 e. The summed E-state index contributed by atoms with van der Waals surface area (Å²) in [4.78, 5) is 0. The van der Waals surface area contributed by atoms with E-state index >= 15 is 0 Å². The highest BCUT2D eigenvalue weighted by Crippen LogP contribution is 2.19. The van der Waals surface area contributed by atoms with Gasteiger partial charge in [0, 0.05) is 0 Å². The molecule has 0 aromatic heterocycles. The van der Waals surface area contributed by atoms with Crippen molar-refractivity contribution in [3.8, 4) is 0 Å². The minimum Gasteiger partial charge on any atom is -0.501 e. The summed E-state index contributed by atoms with van der Waals surface area (Å²) in [7, 11) is 0. The van der Waals surface area contributed by atoms with Crippen LogP contribution in [0.25, 0.3) is 0 Å². The van der Waals surface area contributed by atoms with Crippen molar-refractivity contribution >= 4 is 0 Å². The summed E-state index contributed by atoms with van der Waals surface area (Å²) >= 11 is 0. The average molecular weight is 126 g/mol. The van der Waals surface area contributed by atoms with Gasteiger partial charge in [-0.3, -0.25) is 0 Å². The maximum Gasteiger partial charge on any atom is 0.0904 e. The van der Waals surface area contributed by atoms with Gasteiger partial charge in [0.05, 0.1) is 12.9 Å². The molecule has 1 atom stereocenters. The molecule has 0 N–H and O–H groups in total. The van der Waals surface area contributed by atoms with Gasteiger partial charge in [0.25, 0.3) is 0 Å². The van der Waals surface area contributed by atoms with Crippen molar-refractivity contribution in [1.29, 1.82) is 0 Å². The van der Waals surface area contributed by atoms with Gasteiger partial charge < -0.3 is 4.74 Å². The van der Waals surface area contributed by atoms with E-state index in [1.807, 2.05) is 6.26 Å². The Hall–Kier alpha value is -0.460. The molecule has 0 aliphatic carbocycles. The highest BCUT2D eigenvalue weighted by atomic mass is 16.5. The van der Waals surface area contributed by atoms with E-state index in [2.05, 4.69) is 13.8 Å². The van der Waals surface area contributed by atoms with Crippen LogP contribution in [0.1, 0.15) is 26.7 Å². The lowest BCUT2D eigenvalue weighted by Gasteiger charge is -2.19. The summed E-state index contributed by atoms with van der Waals surface area (Å²) in [5.41, 5.74) is 1.38. The molecule has 1 heteroatoms. The van der Waals surface area contributed by atoms with E-state index in [1.54, 1.807) is 0 Å². The maximum atomic E-state index is 5.22. The second-order valence-corrected chi connectivity index (χ2v) is 2.78. The van der Waals surface area contributed by atoms with E-state index in [-0.39, 0.29) is 0 Å². The Balaban J connectivity index is 2.39. The molecule has 1 nitrogen and oxygen atoms in total. The van der Waals surface area contributed by atoms with Crippen LogP contribution in [0.15, 0.2) is 11.8 Å². The topological polar surface area (TPSA) is 9.23 Å². The lowest BCUT2D eigenvalue weighted by atomic mass is 9.98. The van der Waals surface area contributed by atoms with Crippen LogP contribution in [0.4, 0.5) is 0 Å². The molecule has 0 aromatic rings. The van der Waals surface area contributed by atoms with Gasteiger partial charge in [0.2, 0.25) is 0 Å². The summed E-state index contributed by atoms with van der Waals surface area (Å²) in [5.74, 6) is 0.773. The van der Waals surface area contributed by atoms with Gasteiger partial charge in [0.15, 0.2) is 0 Å². The Labute approximate surface area is 56.7 Å². The molecule has 1 unspecified atom stereocenters. The Kier molecular flexibility index (Phi) is 2.15. The molecule has 0 bridgehead atoms. The van der Waals surface area contributed by atoms with Crippen molar-refractivity contribution in [3.05, 3.63) is 11.8 Å². The van der Waals surface area contributed by atoms with E-state index in [0.29, 0.717) is 0 Å². The third kappa shape index (κ3) is 1.74. The molecule has 0 spiro atoms. The molecule has 1 aliphatic heterocycles. The van der Waals surface area contributed by atoms with E-state index in [4.69, 9.17) is 4.74 Å². The van der Waals surface area contributed by atoms with E-state index in [0.717, 1.165) is 12.5 Å². The zero-order chi connectivity index (χ0) is 6.69. The Morgan fingerprint density at radius 3 is 3.00 bits per heavy atom. The molecule has 52 valence electrons. The molecule has 0 aromatic carbocycles. The smallest absolute Gasteiger partial charge is 0.0904 e. The second-order valence-electron chi connectivity index (χ2n) is 2.78. The zero-order valence-corrected chi connectivity index (χ0v) is 6.18. The van der Waals surface area contributed by atoms with Gasteiger partial charge >= 0.3 is 0 Å². The summed E-state index contributed by atoms with van der Waals surface area (Å²) in [6, 6.07) is 0. The molecule has 0 saturated carbocycles. The maximum absolute atomic E-state index is 5.22. The fraction of sp³-hybridized carbons (Fsp3) is 0.750. The Morgan fingerprint density at radius 2 is 2.56 bits per heavy atom. The lowest BCUT2D eigenvalue weighted by molar-refractivity contribution is 0.168. The van der Waals surface area contributed by atoms with Crippen molar-refractivity contribution in [2.24, 2.45) is 5.92 Å². The molecule has 0 fully saturated rings. The molecular weight excluding hydrogens is 112 g/mol. The van der Waals surface area contributed by atoms with Crippen molar-refractivity contribution in [2.45, 2.75) is 26.7 Å². The summed E-state index contributed by atoms with van der Waals surface area (Å²) in [6.45, 7) is 5.27. The van der Waals surface area contributed by atoms with Gasteiger partial charge in [-0.2, -0.15) is 0 Å². The van der Waals surface area contributed by atoms with Crippen LogP contribution in [0.5, 0.6) is 0 Å². The number of hydrogen-bond donors (Lipinski definition) is 0. The summed E-state index contributed by atoms with van der Waals surface area (Å²) < 4.78 is 5.22. The fourth-order valence-electron chi connectivity index (χ4n) is 1.15. The Bertz CT molecular complexity index is 116. The predicted octanol–water partition coefficient (Wildman–Crippen LogP) is 2.34. The van der Waals surface area contributed by atoms with Crippen LogP contribution in [-0.4, -0.2) is 6.61 Å². The SMILES string of the molecule is CCC1COC=C(C)C1. The van der Waals surface area contributed by atoms with Crippen LogP contribution >= 0.6 is 0 Å². The minimum absolute atomic E-state index is 0.773. The first-order valence-electron chi connectivity index (χ1n) is 3.60. The minimum atomic E-state index is 0.773. The van der Waals surface area contributed by atoms with Crippen LogP contribution in [0, 0.1) is 5.92 Å². The Morgan fingerprint density at radius 1 is 1.78 bits per heavy atom. The lowest BCUT2D eigenvalue weighted by Crippen LogP contribution is -2.11. The molecule has 0 saturated heterocycles. The summed E-state index contributed by atoms with van der Waals surface area (Å²) in [6.07, 6.45) is 4.36. The normalized spacial score (nSPS) is 26.9. The molecule has 1 rings (SSSR count). The number of rotatable bonds is 1. The first-order valence-corrected chi connectivity index (χ1v) is 3.60. The highest BCUT2D eigenvalue weighted by molar-refractivity contribution is 4.97. The van der Waals surface area contributed by atoms with Gasteiger partial charge in [-0.15, -0.1) is 0 Å². The molecule has 0 radical (unpaired) electrons. The first-order chi connectivity index (χ1) is 4.33. The molecule has 1 heterocycles. The van der Waals surface area contributed by atoms with Crippen molar-refractivity contribution in [1.82, 2.24) is 0 Å². The average Bonchev–Trinajstić information content (AvgIpc) is 1.88. The van der Waals surface area contributed by atoms with Crippen molar-refractivity contribution in [3.63, 3.8) is 0 Å². The molecule has 0 amide bonds. The number of hydrogen-bond acceptors (Lipinski definition) is 1. The third-order valence-electron chi connectivity index (χ3n) is 1.80. The monoisotopic (exact) mass is 126 g/mol. The van der Waals surface area contributed by atoms with E-state index in [9.17, 15) is 0 Å². The highest BCUT2D eigenvalue weighted by Gasteiger charge is 2.10. The van der Waals surface area contributed by atoms with Gasteiger partial charge in [-0.25, -0.2) is 0 Å². The first kappa shape index (κ1) is 6.66. The molecule has 9 heavy (non-hydrogen) atoms. The standard InChI is InChI=1S/C8H14O/c1-3-8-4-7(2)5-9-6-8/h5,8H,3-4,6H2,1-2H3. The predicted molar refractivity (Wildman–Crippen MR) is 38.1 cm³/mol. The van der Waals surface area contributed by atoms with Crippen LogP contribution < -0.4 is 0 Å². The number of ether oxygens (including phenoxy) is 1. The van der Waals surface area contributed by atoms with Crippen LogP contribution in [0.2, 0.25) is 0 Å². The van der Waals surface area contributed by atoms with E-state index < -0.39 is 0 Å². The zero-order valence-electron chi connectivity index (χ0n) is 6.18. The quantitative estimate of drug-likeness (QED) is 0.524. The number of allylic oxidation sites excluding steroid dienone is 1. The van der Waals surface area contributed by atoms with Gasteiger partial charge in [0.1, 0.15) is 0 Å². The molecule has 1 aliphatic rings.